The van der Waals surface area contributed by atoms with Gasteiger partial charge in [0.05, 0.1) is 22.8 Å². The first-order valence-electron chi connectivity index (χ1n) is 5.56. The van der Waals surface area contributed by atoms with E-state index in [0.29, 0.717) is 5.92 Å². The minimum atomic E-state index is -0.00119. The lowest BCUT2D eigenvalue weighted by Crippen LogP contribution is -2.19. The summed E-state index contributed by atoms with van der Waals surface area (Å²) in [6.45, 7) is 4.30. The number of imidazole rings is 1. The van der Waals surface area contributed by atoms with E-state index in [0.717, 1.165) is 17.9 Å². The van der Waals surface area contributed by atoms with Gasteiger partial charge in [0.1, 0.15) is 5.82 Å². The van der Waals surface area contributed by atoms with Gasteiger partial charge in [0, 0.05) is 0 Å². The molecule has 0 amide bonds. The zero-order chi connectivity index (χ0) is 11.5. The highest BCUT2D eigenvalue weighted by Gasteiger charge is 2.16. The SMILES string of the molecule is CCC(C)C(N)c1ncc(-c2cccs2)[nH]1. The highest BCUT2D eigenvalue weighted by Crippen LogP contribution is 2.25. The number of nitrogens with two attached hydrogens (primary N) is 1. The second-order valence-corrected chi connectivity index (χ2v) is 5.02. The van der Waals surface area contributed by atoms with Gasteiger partial charge >= 0.3 is 0 Å². The molecule has 0 spiro atoms. The van der Waals surface area contributed by atoms with Crippen LogP contribution in [0.3, 0.4) is 0 Å². The summed E-state index contributed by atoms with van der Waals surface area (Å²) in [6.07, 6.45) is 2.93. The van der Waals surface area contributed by atoms with Crippen LogP contribution in [0.5, 0.6) is 0 Å². The minimum Gasteiger partial charge on any atom is -0.340 e. The molecule has 0 aliphatic heterocycles. The molecule has 0 radical (unpaired) electrons. The fraction of sp³-hybridized carbons (Fsp3) is 0.417. The molecular weight excluding hydrogens is 218 g/mol. The van der Waals surface area contributed by atoms with E-state index in [1.165, 1.54) is 4.88 Å². The van der Waals surface area contributed by atoms with Crippen LogP contribution in [-0.4, -0.2) is 9.97 Å². The Morgan fingerprint density at radius 2 is 2.38 bits per heavy atom. The first kappa shape index (κ1) is 11.4. The maximum atomic E-state index is 6.13. The molecule has 2 heterocycles. The fourth-order valence-corrected chi connectivity index (χ4v) is 2.28. The van der Waals surface area contributed by atoms with E-state index in [9.17, 15) is 0 Å². The number of hydrogen-bond acceptors (Lipinski definition) is 3. The number of thiophene rings is 1. The van der Waals surface area contributed by atoms with Crippen LogP contribution in [0, 0.1) is 5.92 Å². The predicted molar refractivity (Wildman–Crippen MR) is 68.3 cm³/mol. The third-order valence-electron chi connectivity index (χ3n) is 2.95. The van der Waals surface area contributed by atoms with Gasteiger partial charge in [-0.2, -0.15) is 0 Å². The Morgan fingerprint density at radius 3 is 3.00 bits per heavy atom. The smallest absolute Gasteiger partial charge is 0.123 e. The molecule has 2 unspecified atom stereocenters. The van der Waals surface area contributed by atoms with Crippen molar-refractivity contribution in [3.63, 3.8) is 0 Å². The van der Waals surface area contributed by atoms with Crippen LogP contribution in [-0.2, 0) is 0 Å². The third-order valence-corrected chi connectivity index (χ3v) is 3.86. The Bertz CT molecular complexity index is 433. The molecule has 3 N–H and O–H groups in total. The highest BCUT2D eigenvalue weighted by atomic mass is 32.1. The number of aromatic amines is 1. The van der Waals surface area contributed by atoms with Crippen molar-refractivity contribution in [1.29, 1.82) is 0 Å². The molecule has 86 valence electrons. The highest BCUT2D eigenvalue weighted by molar-refractivity contribution is 7.13. The monoisotopic (exact) mass is 235 g/mol. The normalized spacial score (nSPS) is 14.9. The molecule has 3 nitrogen and oxygen atoms in total. The summed E-state index contributed by atoms with van der Waals surface area (Å²) in [5.41, 5.74) is 7.18. The van der Waals surface area contributed by atoms with Crippen molar-refractivity contribution in [2.45, 2.75) is 26.3 Å². The van der Waals surface area contributed by atoms with Crippen LogP contribution in [0.25, 0.3) is 10.6 Å². The number of rotatable bonds is 4. The third kappa shape index (κ3) is 2.18. The molecule has 2 atom stereocenters. The first-order valence-corrected chi connectivity index (χ1v) is 6.44. The van der Waals surface area contributed by atoms with E-state index in [1.54, 1.807) is 11.3 Å². The summed E-state index contributed by atoms with van der Waals surface area (Å²) in [5, 5.41) is 2.06. The molecule has 4 heteroatoms. The number of hydrogen-bond donors (Lipinski definition) is 2. The van der Waals surface area contributed by atoms with Gasteiger partial charge in [-0.3, -0.25) is 0 Å². The van der Waals surface area contributed by atoms with Crippen molar-refractivity contribution in [3.05, 3.63) is 29.5 Å². The topological polar surface area (TPSA) is 54.7 Å². The van der Waals surface area contributed by atoms with Crippen LogP contribution in [0.4, 0.5) is 0 Å². The minimum absolute atomic E-state index is 0.00119. The summed E-state index contributed by atoms with van der Waals surface area (Å²) in [4.78, 5) is 8.88. The van der Waals surface area contributed by atoms with E-state index in [1.807, 2.05) is 12.3 Å². The van der Waals surface area contributed by atoms with Crippen LogP contribution in [0.2, 0.25) is 0 Å². The summed E-state index contributed by atoms with van der Waals surface area (Å²) < 4.78 is 0. The number of nitrogens with one attached hydrogen (secondary N) is 1. The predicted octanol–water partition coefficient (Wildman–Crippen LogP) is 3.18. The number of aromatic nitrogens is 2. The summed E-state index contributed by atoms with van der Waals surface area (Å²) in [6, 6.07) is 4.12. The van der Waals surface area contributed by atoms with Gasteiger partial charge in [-0.05, 0) is 17.4 Å². The van der Waals surface area contributed by atoms with Gasteiger partial charge < -0.3 is 10.7 Å². The van der Waals surface area contributed by atoms with Crippen molar-refractivity contribution >= 4 is 11.3 Å². The van der Waals surface area contributed by atoms with E-state index in [4.69, 9.17) is 5.73 Å². The van der Waals surface area contributed by atoms with Gasteiger partial charge in [0.15, 0.2) is 0 Å². The van der Waals surface area contributed by atoms with Crippen molar-refractivity contribution in [1.82, 2.24) is 9.97 Å². The van der Waals surface area contributed by atoms with E-state index >= 15 is 0 Å². The molecular formula is C12H17N3S. The van der Waals surface area contributed by atoms with Crippen molar-refractivity contribution in [2.75, 3.05) is 0 Å². The van der Waals surface area contributed by atoms with Crippen LogP contribution < -0.4 is 5.73 Å². The molecule has 0 bridgehead atoms. The number of H-pyrrole nitrogens is 1. The molecule has 2 aromatic rings. The molecule has 0 aromatic carbocycles. The van der Waals surface area contributed by atoms with Crippen LogP contribution in [0.1, 0.15) is 32.1 Å². The zero-order valence-electron chi connectivity index (χ0n) is 9.60. The molecule has 0 fully saturated rings. The standard InChI is InChI=1S/C12H17N3S/c1-3-8(2)11(13)12-14-7-9(15-12)10-5-4-6-16-10/h4-8,11H,3,13H2,1-2H3,(H,14,15). The maximum absolute atomic E-state index is 6.13. The Balaban J connectivity index is 2.20. The average molecular weight is 235 g/mol. The largest absolute Gasteiger partial charge is 0.340 e. The van der Waals surface area contributed by atoms with E-state index < -0.39 is 0 Å². The van der Waals surface area contributed by atoms with Crippen LogP contribution in [0.15, 0.2) is 23.7 Å². The lowest BCUT2D eigenvalue weighted by molar-refractivity contribution is 0.441. The van der Waals surface area contributed by atoms with Crippen molar-refractivity contribution in [2.24, 2.45) is 11.7 Å². The first-order chi connectivity index (χ1) is 7.72. The zero-order valence-corrected chi connectivity index (χ0v) is 10.4. The maximum Gasteiger partial charge on any atom is 0.123 e. The molecule has 2 rings (SSSR count). The Labute approximate surface area is 99.7 Å². The lowest BCUT2D eigenvalue weighted by Gasteiger charge is -2.15. The molecule has 2 aromatic heterocycles. The molecule has 0 aliphatic rings. The second kappa shape index (κ2) is 4.80. The Kier molecular flexibility index (Phi) is 3.41. The summed E-state index contributed by atoms with van der Waals surface area (Å²) in [7, 11) is 0. The van der Waals surface area contributed by atoms with Gasteiger partial charge in [0.2, 0.25) is 0 Å². The van der Waals surface area contributed by atoms with Crippen molar-refractivity contribution in [3.8, 4) is 10.6 Å². The Hall–Kier alpha value is -1.13. The lowest BCUT2D eigenvalue weighted by atomic mass is 10.00. The Morgan fingerprint density at radius 1 is 1.56 bits per heavy atom. The summed E-state index contributed by atoms with van der Waals surface area (Å²) >= 11 is 1.70. The van der Waals surface area contributed by atoms with Gasteiger partial charge in [0.25, 0.3) is 0 Å². The second-order valence-electron chi connectivity index (χ2n) is 4.07. The van der Waals surface area contributed by atoms with E-state index in [2.05, 4.69) is 35.3 Å². The molecule has 0 aliphatic carbocycles. The van der Waals surface area contributed by atoms with Crippen LogP contribution >= 0.6 is 11.3 Å². The average Bonchev–Trinajstić information content (AvgIpc) is 2.96. The van der Waals surface area contributed by atoms with Gasteiger partial charge in [-0.15, -0.1) is 11.3 Å². The quantitative estimate of drug-likeness (QED) is 0.855. The number of nitrogens with zero attached hydrogens (tertiary/aromatic N) is 1. The van der Waals surface area contributed by atoms with Crippen molar-refractivity contribution < 1.29 is 0 Å². The molecule has 16 heavy (non-hydrogen) atoms. The van der Waals surface area contributed by atoms with Gasteiger partial charge in [-0.1, -0.05) is 26.3 Å². The molecule has 0 saturated carbocycles. The summed E-state index contributed by atoms with van der Waals surface area (Å²) in [5.74, 6) is 1.33. The fourth-order valence-electron chi connectivity index (χ4n) is 1.59. The molecule has 0 saturated heterocycles. The van der Waals surface area contributed by atoms with E-state index in [-0.39, 0.29) is 6.04 Å². The van der Waals surface area contributed by atoms with Gasteiger partial charge in [-0.25, -0.2) is 4.98 Å².